The molecular weight excluding hydrogens is 264 g/mol. The van der Waals surface area contributed by atoms with Gasteiger partial charge in [0.1, 0.15) is 0 Å². The van der Waals surface area contributed by atoms with Crippen LogP contribution < -0.4 is 0 Å². The van der Waals surface area contributed by atoms with Crippen molar-refractivity contribution in [2.45, 2.75) is 45.2 Å². The van der Waals surface area contributed by atoms with E-state index < -0.39 is 0 Å². The molecule has 112 valence electrons. The highest BCUT2D eigenvalue weighted by atomic mass is 16.2. The van der Waals surface area contributed by atoms with Crippen molar-refractivity contribution in [3.63, 3.8) is 0 Å². The first-order chi connectivity index (χ1) is 10.1. The number of hydrogen-bond acceptors (Lipinski definition) is 3. The number of nitrogens with zero attached hydrogens (tertiary/aromatic N) is 2. The van der Waals surface area contributed by atoms with Crippen LogP contribution in [0.25, 0.3) is 0 Å². The molecule has 0 saturated carbocycles. The van der Waals surface area contributed by atoms with Crippen LogP contribution in [0.4, 0.5) is 0 Å². The molecule has 1 unspecified atom stereocenters. The molecule has 3 rings (SSSR count). The van der Waals surface area contributed by atoms with Crippen molar-refractivity contribution in [2.24, 2.45) is 0 Å². The maximum absolute atomic E-state index is 12.5. The third-order valence-corrected chi connectivity index (χ3v) is 4.51. The molecule has 0 aromatic heterocycles. The molecule has 4 nitrogen and oxygen atoms in total. The Labute approximate surface area is 125 Å². The van der Waals surface area contributed by atoms with Crippen LogP contribution in [0.15, 0.2) is 24.3 Å². The summed E-state index contributed by atoms with van der Waals surface area (Å²) in [6, 6.07) is 7.79. The van der Waals surface area contributed by atoms with Crippen molar-refractivity contribution in [1.82, 2.24) is 9.80 Å². The Morgan fingerprint density at radius 2 is 1.71 bits per heavy atom. The van der Waals surface area contributed by atoms with E-state index in [2.05, 4.69) is 4.90 Å². The zero-order valence-corrected chi connectivity index (χ0v) is 12.5. The van der Waals surface area contributed by atoms with Gasteiger partial charge in [0.15, 0.2) is 0 Å². The normalized spacial score (nSPS) is 23.9. The minimum atomic E-state index is -0.219. The summed E-state index contributed by atoms with van der Waals surface area (Å²) >= 11 is 0. The highest BCUT2D eigenvalue weighted by molar-refractivity contribution is 6.05. The molecule has 0 spiro atoms. The molecule has 1 aromatic rings. The topological polar surface area (TPSA) is 40.6 Å². The molecule has 1 atom stereocenters. The first kappa shape index (κ1) is 14.3. The zero-order valence-electron chi connectivity index (χ0n) is 12.5. The van der Waals surface area contributed by atoms with E-state index in [-0.39, 0.29) is 17.9 Å². The van der Waals surface area contributed by atoms with Gasteiger partial charge in [0.05, 0.1) is 19.0 Å². The lowest BCUT2D eigenvalue weighted by Gasteiger charge is -2.30. The van der Waals surface area contributed by atoms with Crippen LogP contribution in [0.3, 0.4) is 0 Å². The van der Waals surface area contributed by atoms with Crippen molar-refractivity contribution < 1.29 is 9.59 Å². The van der Waals surface area contributed by atoms with Gasteiger partial charge in [-0.25, -0.2) is 0 Å². The summed E-state index contributed by atoms with van der Waals surface area (Å²) in [6.07, 6.45) is 3.86. The Morgan fingerprint density at radius 1 is 1.05 bits per heavy atom. The lowest BCUT2D eigenvalue weighted by atomic mass is 10.1. The number of likely N-dealkylation sites (tertiary alicyclic amines) is 2. The first-order valence-corrected chi connectivity index (χ1v) is 7.79. The highest BCUT2D eigenvalue weighted by Crippen LogP contribution is 2.24. The second-order valence-corrected chi connectivity index (χ2v) is 6.12. The molecular formula is C17H22N2O2. The molecule has 2 aliphatic rings. The lowest BCUT2D eigenvalue weighted by molar-refractivity contribution is -0.140. The number of benzene rings is 1. The zero-order chi connectivity index (χ0) is 14.8. The highest BCUT2D eigenvalue weighted by Gasteiger charge is 2.41. The Balaban J connectivity index is 1.69. The van der Waals surface area contributed by atoms with Crippen LogP contribution in [0, 0.1) is 6.92 Å². The van der Waals surface area contributed by atoms with Gasteiger partial charge < -0.3 is 0 Å². The third-order valence-electron chi connectivity index (χ3n) is 4.51. The number of piperidine rings is 1. The number of rotatable bonds is 3. The summed E-state index contributed by atoms with van der Waals surface area (Å²) in [5.41, 5.74) is 2.20. The summed E-state index contributed by atoms with van der Waals surface area (Å²) in [4.78, 5) is 28.4. The Morgan fingerprint density at radius 3 is 2.38 bits per heavy atom. The van der Waals surface area contributed by atoms with Crippen molar-refractivity contribution in [1.29, 1.82) is 0 Å². The summed E-state index contributed by atoms with van der Waals surface area (Å²) in [6.45, 7) is 4.33. The molecule has 2 saturated heterocycles. The van der Waals surface area contributed by atoms with Gasteiger partial charge in [0.25, 0.3) is 0 Å². The standard InChI is InChI=1S/C17H22N2O2/c1-13-5-7-14(8-6-13)12-19-16(20)11-15(17(19)21)18-9-3-2-4-10-18/h5-8,15H,2-4,9-12H2,1H3. The van der Waals surface area contributed by atoms with Gasteiger partial charge in [-0.3, -0.25) is 19.4 Å². The minimum Gasteiger partial charge on any atom is -0.292 e. The van der Waals surface area contributed by atoms with E-state index in [1.807, 2.05) is 31.2 Å². The van der Waals surface area contributed by atoms with E-state index in [0.29, 0.717) is 13.0 Å². The second kappa shape index (κ2) is 5.98. The van der Waals surface area contributed by atoms with Gasteiger partial charge in [-0.05, 0) is 38.4 Å². The van der Waals surface area contributed by atoms with Gasteiger partial charge in [-0.2, -0.15) is 0 Å². The van der Waals surface area contributed by atoms with Gasteiger partial charge in [-0.1, -0.05) is 36.2 Å². The Bertz CT molecular complexity index is 532. The van der Waals surface area contributed by atoms with E-state index in [9.17, 15) is 9.59 Å². The van der Waals surface area contributed by atoms with E-state index in [4.69, 9.17) is 0 Å². The minimum absolute atomic E-state index is 0.0116. The van der Waals surface area contributed by atoms with Gasteiger partial charge >= 0.3 is 0 Å². The number of carbonyl (C=O) groups is 2. The van der Waals surface area contributed by atoms with E-state index in [1.54, 1.807) is 0 Å². The number of amides is 2. The first-order valence-electron chi connectivity index (χ1n) is 7.79. The molecule has 2 fully saturated rings. The van der Waals surface area contributed by atoms with E-state index >= 15 is 0 Å². The van der Waals surface area contributed by atoms with Gasteiger partial charge in [0.2, 0.25) is 11.8 Å². The van der Waals surface area contributed by atoms with Crippen molar-refractivity contribution in [3.05, 3.63) is 35.4 Å². The molecule has 0 aliphatic carbocycles. The molecule has 2 heterocycles. The summed E-state index contributed by atoms with van der Waals surface area (Å²) in [5.74, 6) is -0.0429. The fourth-order valence-corrected chi connectivity index (χ4v) is 3.22. The molecule has 0 bridgehead atoms. The quantitative estimate of drug-likeness (QED) is 0.799. The average Bonchev–Trinajstić information content (AvgIpc) is 2.78. The smallest absolute Gasteiger partial charge is 0.247 e. The number of imide groups is 1. The lowest BCUT2D eigenvalue weighted by Crippen LogP contribution is -2.44. The molecule has 2 aliphatic heterocycles. The maximum Gasteiger partial charge on any atom is 0.247 e. The fraction of sp³-hybridized carbons (Fsp3) is 0.529. The Kier molecular flexibility index (Phi) is 4.06. The molecule has 0 radical (unpaired) electrons. The van der Waals surface area contributed by atoms with Crippen LogP contribution in [-0.2, 0) is 16.1 Å². The summed E-state index contributed by atoms with van der Waals surface area (Å²) in [7, 11) is 0. The molecule has 1 aromatic carbocycles. The van der Waals surface area contributed by atoms with Gasteiger partial charge in [-0.15, -0.1) is 0 Å². The van der Waals surface area contributed by atoms with Crippen LogP contribution >= 0.6 is 0 Å². The van der Waals surface area contributed by atoms with E-state index in [1.165, 1.54) is 16.9 Å². The fourth-order valence-electron chi connectivity index (χ4n) is 3.22. The third kappa shape index (κ3) is 3.00. The maximum atomic E-state index is 12.5. The van der Waals surface area contributed by atoms with Crippen LogP contribution in [0.2, 0.25) is 0 Å². The predicted octanol–water partition coefficient (Wildman–Crippen LogP) is 2.11. The molecule has 21 heavy (non-hydrogen) atoms. The average molecular weight is 286 g/mol. The largest absolute Gasteiger partial charge is 0.292 e. The van der Waals surface area contributed by atoms with Crippen molar-refractivity contribution >= 4 is 11.8 Å². The summed E-state index contributed by atoms with van der Waals surface area (Å²) in [5, 5.41) is 0. The SMILES string of the molecule is Cc1ccc(CN2C(=O)CC(N3CCCCC3)C2=O)cc1. The Hall–Kier alpha value is -1.68. The van der Waals surface area contributed by atoms with Crippen molar-refractivity contribution in [2.75, 3.05) is 13.1 Å². The number of hydrogen-bond donors (Lipinski definition) is 0. The van der Waals surface area contributed by atoms with Crippen LogP contribution in [-0.4, -0.2) is 40.7 Å². The van der Waals surface area contributed by atoms with Crippen molar-refractivity contribution in [3.8, 4) is 0 Å². The van der Waals surface area contributed by atoms with Crippen LogP contribution in [0.5, 0.6) is 0 Å². The number of aryl methyl sites for hydroxylation is 1. The molecule has 0 N–H and O–H groups in total. The molecule has 2 amide bonds. The van der Waals surface area contributed by atoms with E-state index in [0.717, 1.165) is 31.5 Å². The second-order valence-electron chi connectivity index (χ2n) is 6.12. The summed E-state index contributed by atoms with van der Waals surface area (Å²) < 4.78 is 0. The molecule has 4 heteroatoms. The number of carbonyl (C=O) groups excluding carboxylic acids is 2. The van der Waals surface area contributed by atoms with Crippen LogP contribution in [0.1, 0.15) is 36.8 Å². The van der Waals surface area contributed by atoms with Gasteiger partial charge in [0, 0.05) is 0 Å². The predicted molar refractivity (Wildman–Crippen MR) is 80.6 cm³/mol. The monoisotopic (exact) mass is 286 g/mol.